The third kappa shape index (κ3) is 1.88. The van der Waals surface area contributed by atoms with Crippen LogP contribution in [0.3, 0.4) is 0 Å². The number of hydrogen-bond donors (Lipinski definition) is 1. The van der Waals surface area contributed by atoms with Crippen molar-refractivity contribution in [3.63, 3.8) is 0 Å². The van der Waals surface area contributed by atoms with Gasteiger partial charge in [-0.3, -0.25) is 0 Å². The molecule has 0 amide bonds. The Balaban J connectivity index is 1.96. The molecule has 2 aromatic rings. The average Bonchev–Trinajstić information content (AvgIpc) is 2.84. The van der Waals surface area contributed by atoms with Crippen molar-refractivity contribution < 1.29 is 9.84 Å². The Kier molecular flexibility index (Phi) is 2.80. The largest absolute Gasteiger partial charge is 0.497 e. The lowest BCUT2D eigenvalue weighted by molar-refractivity contribution is 0.0781. The van der Waals surface area contributed by atoms with Crippen LogP contribution in [0.2, 0.25) is 0 Å². The number of nitrogens with zero attached hydrogens (tertiary/aromatic N) is 2. The molecular formula is C14H16N2O2. The van der Waals surface area contributed by atoms with Crippen LogP contribution in [0, 0.1) is 0 Å². The Morgan fingerprint density at radius 2 is 2.11 bits per heavy atom. The first-order valence-electron chi connectivity index (χ1n) is 6.18. The molecule has 94 valence electrons. The molecule has 4 nitrogen and oxygen atoms in total. The molecule has 18 heavy (non-hydrogen) atoms. The zero-order chi connectivity index (χ0) is 12.5. The summed E-state index contributed by atoms with van der Waals surface area (Å²) in [5, 5.41) is 9.91. The Labute approximate surface area is 106 Å². The zero-order valence-corrected chi connectivity index (χ0v) is 10.3. The van der Waals surface area contributed by atoms with Gasteiger partial charge in [-0.05, 0) is 37.1 Å². The molecule has 1 unspecified atom stereocenters. The van der Waals surface area contributed by atoms with Gasteiger partial charge in [0, 0.05) is 18.2 Å². The normalized spacial score (nSPS) is 18.4. The SMILES string of the molecule is COc1ccc(-c2cn3c(n2)CCCC3O)cc1. The maximum Gasteiger partial charge on any atom is 0.131 e. The highest BCUT2D eigenvalue weighted by atomic mass is 16.5. The van der Waals surface area contributed by atoms with Gasteiger partial charge in [-0.25, -0.2) is 4.98 Å². The van der Waals surface area contributed by atoms with E-state index in [1.165, 1.54) is 0 Å². The fraction of sp³-hybridized carbons (Fsp3) is 0.357. The molecule has 1 aromatic carbocycles. The lowest BCUT2D eigenvalue weighted by atomic mass is 10.1. The van der Waals surface area contributed by atoms with Gasteiger partial charge in [0.05, 0.1) is 12.8 Å². The van der Waals surface area contributed by atoms with Crippen molar-refractivity contribution in [2.45, 2.75) is 25.5 Å². The summed E-state index contributed by atoms with van der Waals surface area (Å²) < 4.78 is 7.02. The van der Waals surface area contributed by atoms with Gasteiger partial charge in [0.1, 0.15) is 17.8 Å². The summed E-state index contributed by atoms with van der Waals surface area (Å²) in [6.45, 7) is 0. The molecule has 0 radical (unpaired) electrons. The molecule has 1 aromatic heterocycles. The van der Waals surface area contributed by atoms with Crippen LogP contribution in [0.1, 0.15) is 24.9 Å². The molecule has 3 rings (SSSR count). The van der Waals surface area contributed by atoms with Gasteiger partial charge in [0.15, 0.2) is 0 Å². The van der Waals surface area contributed by atoms with Crippen molar-refractivity contribution in [2.75, 3.05) is 7.11 Å². The van der Waals surface area contributed by atoms with Crippen LogP contribution in [0.5, 0.6) is 5.75 Å². The smallest absolute Gasteiger partial charge is 0.131 e. The number of aliphatic hydroxyl groups is 1. The van der Waals surface area contributed by atoms with E-state index in [0.29, 0.717) is 0 Å². The van der Waals surface area contributed by atoms with Crippen molar-refractivity contribution in [2.24, 2.45) is 0 Å². The summed E-state index contributed by atoms with van der Waals surface area (Å²) in [4.78, 5) is 4.59. The van der Waals surface area contributed by atoms with E-state index in [0.717, 1.165) is 42.1 Å². The minimum absolute atomic E-state index is 0.423. The van der Waals surface area contributed by atoms with Crippen LogP contribution in [-0.4, -0.2) is 21.8 Å². The van der Waals surface area contributed by atoms with E-state index in [2.05, 4.69) is 4.98 Å². The van der Waals surface area contributed by atoms with Gasteiger partial charge in [0.25, 0.3) is 0 Å². The number of imidazole rings is 1. The number of ether oxygens (including phenoxy) is 1. The quantitative estimate of drug-likeness (QED) is 0.882. The van der Waals surface area contributed by atoms with Crippen molar-refractivity contribution in [1.29, 1.82) is 0 Å². The molecule has 1 atom stereocenters. The minimum Gasteiger partial charge on any atom is -0.497 e. The predicted molar refractivity (Wildman–Crippen MR) is 68.4 cm³/mol. The monoisotopic (exact) mass is 244 g/mol. The van der Waals surface area contributed by atoms with Crippen molar-refractivity contribution >= 4 is 0 Å². The van der Waals surface area contributed by atoms with E-state index in [1.807, 2.05) is 35.0 Å². The molecular weight excluding hydrogens is 228 g/mol. The average molecular weight is 244 g/mol. The van der Waals surface area contributed by atoms with Crippen molar-refractivity contribution in [3.8, 4) is 17.0 Å². The van der Waals surface area contributed by atoms with Crippen molar-refractivity contribution in [3.05, 3.63) is 36.3 Å². The maximum atomic E-state index is 9.91. The number of aromatic nitrogens is 2. The fourth-order valence-electron chi connectivity index (χ4n) is 2.36. The van der Waals surface area contributed by atoms with E-state index in [9.17, 15) is 5.11 Å². The number of aliphatic hydroxyl groups excluding tert-OH is 1. The lowest BCUT2D eigenvalue weighted by Gasteiger charge is -2.19. The molecule has 2 heterocycles. The van der Waals surface area contributed by atoms with Crippen LogP contribution in [0.25, 0.3) is 11.3 Å². The molecule has 1 aliphatic heterocycles. The molecule has 1 N–H and O–H groups in total. The molecule has 0 bridgehead atoms. The van der Waals surface area contributed by atoms with E-state index in [4.69, 9.17) is 4.74 Å². The van der Waals surface area contributed by atoms with Crippen LogP contribution in [-0.2, 0) is 6.42 Å². The van der Waals surface area contributed by atoms with Gasteiger partial charge in [-0.1, -0.05) is 0 Å². The van der Waals surface area contributed by atoms with E-state index in [1.54, 1.807) is 7.11 Å². The first-order chi connectivity index (χ1) is 8.78. The highest BCUT2D eigenvalue weighted by Gasteiger charge is 2.19. The van der Waals surface area contributed by atoms with E-state index < -0.39 is 6.23 Å². The lowest BCUT2D eigenvalue weighted by Crippen LogP contribution is -2.16. The van der Waals surface area contributed by atoms with Gasteiger partial charge in [-0.2, -0.15) is 0 Å². The summed E-state index contributed by atoms with van der Waals surface area (Å²) in [6.07, 6.45) is 4.26. The highest BCUT2D eigenvalue weighted by molar-refractivity contribution is 5.59. The van der Waals surface area contributed by atoms with E-state index >= 15 is 0 Å². The molecule has 0 saturated carbocycles. The maximum absolute atomic E-state index is 9.91. The summed E-state index contributed by atoms with van der Waals surface area (Å²) in [5.74, 6) is 1.81. The van der Waals surface area contributed by atoms with Crippen LogP contribution >= 0.6 is 0 Å². The zero-order valence-electron chi connectivity index (χ0n) is 10.3. The second-order valence-corrected chi connectivity index (χ2v) is 4.55. The van der Waals surface area contributed by atoms with Crippen molar-refractivity contribution in [1.82, 2.24) is 9.55 Å². The Bertz CT molecular complexity index is 545. The Morgan fingerprint density at radius 3 is 2.78 bits per heavy atom. The van der Waals surface area contributed by atoms with Crippen LogP contribution < -0.4 is 4.74 Å². The standard InChI is InChI=1S/C14H16N2O2/c1-18-11-7-5-10(6-8-11)12-9-16-13(15-12)3-2-4-14(16)17/h5-9,14,17H,2-4H2,1H3. The third-order valence-electron chi connectivity index (χ3n) is 3.38. The van der Waals surface area contributed by atoms with Crippen LogP contribution in [0.4, 0.5) is 0 Å². The van der Waals surface area contributed by atoms with Gasteiger partial charge in [0.2, 0.25) is 0 Å². The summed E-state index contributed by atoms with van der Waals surface area (Å²) in [6, 6.07) is 7.81. The number of aryl methyl sites for hydroxylation is 1. The molecule has 0 spiro atoms. The number of hydrogen-bond acceptors (Lipinski definition) is 3. The number of methoxy groups -OCH3 is 1. The topological polar surface area (TPSA) is 47.3 Å². The second kappa shape index (κ2) is 4.46. The molecule has 0 saturated heterocycles. The number of benzene rings is 1. The van der Waals surface area contributed by atoms with Gasteiger partial charge >= 0.3 is 0 Å². The van der Waals surface area contributed by atoms with Crippen LogP contribution in [0.15, 0.2) is 30.5 Å². The highest BCUT2D eigenvalue weighted by Crippen LogP contribution is 2.27. The summed E-state index contributed by atoms with van der Waals surface area (Å²) in [5.41, 5.74) is 1.96. The Hall–Kier alpha value is -1.81. The first kappa shape index (κ1) is 11.3. The Morgan fingerprint density at radius 1 is 1.33 bits per heavy atom. The molecule has 0 fully saturated rings. The number of fused-ring (bicyclic) bond motifs is 1. The molecule has 4 heteroatoms. The summed E-state index contributed by atoms with van der Waals surface area (Å²) >= 11 is 0. The second-order valence-electron chi connectivity index (χ2n) is 4.55. The third-order valence-corrected chi connectivity index (χ3v) is 3.38. The number of rotatable bonds is 2. The molecule has 0 aliphatic carbocycles. The van der Waals surface area contributed by atoms with Gasteiger partial charge in [-0.15, -0.1) is 0 Å². The summed E-state index contributed by atoms with van der Waals surface area (Å²) in [7, 11) is 1.65. The van der Waals surface area contributed by atoms with E-state index in [-0.39, 0.29) is 0 Å². The fourth-order valence-corrected chi connectivity index (χ4v) is 2.36. The predicted octanol–water partition coefficient (Wildman–Crippen LogP) is 2.39. The van der Waals surface area contributed by atoms with Gasteiger partial charge < -0.3 is 14.4 Å². The first-order valence-corrected chi connectivity index (χ1v) is 6.18. The molecule has 1 aliphatic rings. The minimum atomic E-state index is -0.423.